The summed E-state index contributed by atoms with van der Waals surface area (Å²) in [5, 5.41) is 8.89. The molecule has 1 aliphatic rings. The molecule has 2 rings (SSSR count). The van der Waals surface area contributed by atoms with Gasteiger partial charge in [0.25, 0.3) is 11.3 Å². The molecule has 1 fully saturated rings. The van der Waals surface area contributed by atoms with Gasteiger partial charge in [-0.1, -0.05) is 12.1 Å². The second-order valence-electron chi connectivity index (χ2n) is 4.16. The van der Waals surface area contributed by atoms with E-state index in [0.29, 0.717) is 9.87 Å². The van der Waals surface area contributed by atoms with E-state index < -0.39 is 35.1 Å². The molecule has 1 aromatic carbocycles. The number of benzene rings is 1. The molecule has 1 amide bonds. The Labute approximate surface area is 114 Å². The fourth-order valence-corrected chi connectivity index (χ4v) is 2.74. The predicted octanol–water partition coefficient (Wildman–Crippen LogP) is 2.21. The van der Waals surface area contributed by atoms with Gasteiger partial charge in [-0.05, 0) is 24.1 Å². The molecule has 0 spiro atoms. The number of hydrogen-bond acceptors (Lipinski definition) is 3. The SMILES string of the molecule is O=C(O)N1[C@@H](Cc2ccc(C(F)(F)F)cc2)COS1=O. The monoisotopic (exact) mass is 309 g/mol. The van der Waals surface area contributed by atoms with Crippen LogP contribution in [0.4, 0.5) is 18.0 Å². The zero-order chi connectivity index (χ0) is 14.9. The number of carboxylic acid groups (broad SMARTS) is 1. The van der Waals surface area contributed by atoms with Crippen molar-refractivity contribution in [3.63, 3.8) is 0 Å². The molecule has 5 nitrogen and oxygen atoms in total. The smallest absolute Gasteiger partial charge is 0.421 e. The fraction of sp³-hybridized carbons (Fsp3) is 0.364. The third-order valence-corrected chi connectivity index (χ3v) is 3.91. The highest BCUT2D eigenvalue weighted by Gasteiger charge is 2.37. The van der Waals surface area contributed by atoms with Gasteiger partial charge < -0.3 is 5.11 Å². The van der Waals surface area contributed by atoms with E-state index in [4.69, 9.17) is 9.29 Å². The van der Waals surface area contributed by atoms with Crippen LogP contribution in [0.1, 0.15) is 11.1 Å². The third-order valence-electron chi connectivity index (χ3n) is 2.79. The summed E-state index contributed by atoms with van der Waals surface area (Å²) in [6.07, 6.45) is -5.67. The summed E-state index contributed by atoms with van der Waals surface area (Å²) < 4.78 is 53.9. The van der Waals surface area contributed by atoms with Crippen molar-refractivity contribution in [1.82, 2.24) is 4.31 Å². The topological polar surface area (TPSA) is 66.8 Å². The Bertz CT molecular complexity index is 531. The highest BCUT2D eigenvalue weighted by atomic mass is 32.2. The molecule has 1 aliphatic heterocycles. The average Bonchev–Trinajstić information content (AvgIpc) is 2.70. The molecule has 1 N–H and O–H groups in total. The van der Waals surface area contributed by atoms with Gasteiger partial charge in [-0.15, -0.1) is 0 Å². The van der Waals surface area contributed by atoms with E-state index in [-0.39, 0.29) is 13.0 Å². The minimum Gasteiger partial charge on any atom is -0.464 e. The quantitative estimate of drug-likeness (QED) is 0.909. The molecule has 1 aromatic rings. The van der Waals surface area contributed by atoms with E-state index in [1.807, 2.05) is 0 Å². The number of halogens is 3. The number of hydrogen-bond donors (Lipinski definition) is 1. The van der Waals surface area contributed by atoms with Gasteiger partial charge in [-0.2, -0.15) is 17.5 Å². The molecule has 0 radical (unpaired) electrons. The Kier molecular flexibility index (Phi) is 4.00. The minimum atomic E-state index is -4.41. The zero-order valence-electron chi connectivity index (χ0n) is 9.96. The van der Waals surface area contributed by atoms with E-state index in [2.05, 4.69) is 0 Å². The van der Waals surface area contributed by atoms with Crippen molar-refractivity contribution in [2.75, 3.05) is 6.61 Å². The largest absolute Gasteiger partial charge is 0.464 e. The van der Waals surface area contributed by atoms with Crippen LogP contribution in [0, 0.1) is 0 Å². The molecule has 1 saturated heterocycles. The summed E-state index contributed by atoms with van der Waals surface area (Å²) in [7, 11) is 0. The van der Waals surface area contributed by atoms with Crippen molar-refractivity contribution in [3.8, 4) is 0 Å². The Balaban J connectivity index is 2.11. The number of amides is 1. The summed E-state index contributed by atoms with van der Waals surface area (Å²) in [5.74, 6) is 0. The third kappa shape index (κ3) is 3.10. The molecular weight excluding hydrogens is 299 g/mol. The second-order valence-corrected chi connectivity index (χ2v) is 5.23. The Morgan fingerprint density at radius 3 is 2.50 bits per heavy atom. The van der Waals surface area contributed by atoms with Crippen molar-refractivity contribution in [1.29, 1.82) is 0 Å². The maximum absolute atomic E-state index is 12.4. The minimum absolute atomic E-state index is 0.0556. The zero-order valence-corrected chi connectivity index (χ0v) is 10.8. The van der Waals surface area contributed by atoms with Gasteiger partial charge in [0, 0.05) is 0 Å². The van der Waals surface area contributed by atoms with Crippen LogP contribution in [-0.2, 0) is 28.0 Å². The molecule has 9 heteroatoms. The highest BCUT2D eigenvalue weighted by molar-refractivity contribution is 7.78. The van der Waals surface area contributed by atoms with Crippen LogP contribution < -0.4 is 0 Å². The molecule has 2 atom stereocenters. The molecule has 20 heavy (non-hydrogen) atoms. The van der Waals surface area contributed by atoms with Crippen molar-refractivity contribution in [3.05, 3.63) is 35.4 Å². The Hall–Kier alpha value is -1.61. The van der Waals surface area contributed by atoms with E-state index in [1.54, 1.807) is 0 Å². The average molecular weight is 309 g/mol. The van der Waals surface area contributed by atoms with Crippen LogP contribution in [-0.4, -0.2) is 32.4 Å². The van der Waals surface area contributed by atoms with Crippen LogP contribution in [0.2, 0.25) is 0 Å². The summed E-state index contributed by atoms with van der Waals surface area (Å²) >= 11 is -2.06. The Morgan fingerprint density at radius 1 is 1.40 bits per heavy atom. The first kappa shape index (κ1) is 14.8. The highest BCUT2D eigenvalue weighted by Crippen LogP contribution is 2.29. The summed E-state index contributed by atoms with van der Waals surface area (Å²) in [6, 6.07) is 3.71. The van der Waals surface area contributed by atoms with Crippen molar-refractivity contribution < 1.29 is 31.5 Å². The van der Waals surface area contributed by atoms with Crippen molar-refractivity contribution >= 4 is 17.4 Å². The van der Waals surface area contributed by atoms with Gasteiger partial charge in [0.05, 0.1) is 18.2 Å². The molecule has 1 heterocycles. The van der Waals surface area contributed by atoms with Crippen LogP contribution in [0.25, 0.3) is 0 Å². The molecule has 110 valence electrons. The van der Waals surface area contributed by atoms with Crippen LogP contribution >= 0.6 is 0 Å². The molecule has 0 bridgehead atoms. The van der Waals surface area contributed by atoms with Crippen LogP contribution in [0.3, 0.4) is 0 Å². The van der Waals surface area contributed by atoms with Gasteiger partial charge in [0.15, 0.2) is 0 Å². The summed E-state index contributed by atoms with van der Waals surface area (Å²) in [5.41, 5.74) is -0.265. The van der Waals surface area contributed by atoms with E-state index in [0.717, 1.165) is 12.1 Å². The summed E-state index contributed by atoms with van der Waals surface area (Å²) in [6.45, 7) is -0.0556. The van der Waals surface area contributed by atoms with Gasteiger partial charge >= 0.3 is 12.3 Å². The van der Waals surface area contributed by atoms with Gasteiger partial charge in [0.1, 0.15) is 0 Å². The van der Waals surface area contributed by atoms with Gasteiger partial charge in [0.2, 0.25) is 0 Å². The molecular formula is C11H10F3NO4S. The second kappa shape index (κ2) is 5.41. The van der Waals surface area contributed by atoms with Crippen molar-refractivity contribution in [2.24, 2.45) is 0 Å². The lowest BCUT2D eigenvalue weighted by atomic mass is 10.0. The van der Waals surface area contributed by atoms with Gasteiger partial charge in [-0.25, -0.2) is 9.00 Å². The first-order chi connectivity index (χ1) is 9.29. The summed E-state index contributed by atoms with van der Waals surface area (Å²) in [4.78, 5) is 10.9. The van der Waals surface area contributed by atoms with Crippen LogP contribution in [0.15, 0.2) is 24.3 Å². The number of nitrogens with zero attached hydrogens (tertiary/aromatic N) is 1. The maximum Gasteiger partial charge on any atom is 0.421 e. The fourth-order valence-electron chi connectivity index (χ4n) is 1.85. The number of carbonyl (C=O) groups is 1. The standard InChI is InChI=1S/C11H10F3NO4S/c12-11(13,14)8-3-1-7(2-4-8)5-9-6-19-20(18)15(9)10(16)17/h1-4,9H,5-6H2,(H,16,17)/t9-,20?/m0/s1. The molecule has 0 aliphatic carbocycles. The van der Waals surface area contributed by atoms with Gasteiger partial charge in [-0.3, -0.25) is 4.18 Å². The predicted molar refractivity (Wildman–Crippen MR) is 62.9 cm³/mol. The molecule has 1 unspecified atom stereocenters. The lowest BCUT2D eigenvalue weighted by Gasteiger charge is -2.17. The van der Waals surface area contributed by atoms with E-state index in [9.17, 15) is 22.2 Å². The Morgan fingerprint density at radius 2 is 2.00 bits per heavy atom. The number of alkyl halides is 3. The molecule has 0 aromatic heterocycles. The van der Waals surface area contributed by atoms with E-state index >= 15 is 0 Å². The first-order valence-corrected chi connectivity index (χ1v) is 6.55. The van der Waals surface area contributed by atoms with E-state index in [1.165, 1.54) is 12.1 Å². The lowest BCUT2D eigenvalue weighted by Crippen LogP contribution is -2.37. The van der Waals surface area contributed by atoms with Crippen molar-refractivity contribution in [2.45, 2.75) is 18.6 Å². The lowest BCUT2D eigenvalue weighted by molar-refractivity contribution is -0.137. The van der Waals surface area contributed by atoms with Crippen LogP contribution in [0.5, 0.6) is 0 Å². The molecule has 0 saturated carbocycles. The maximum atomic E-state index is 12.4. The normalized spacial score (nSPS) is 23.1. The first-order valence-electron chi connectivity index (χ1n) is 5.52. The number of rotatable bonds is 2.